The molecule has 1 N–H and O–H groups in total. The van der Waals surface area contributed by atoms with Crippen molar-refractivity contribution in [1.82, 2.24) is 0 Å². The Morgan fingerprint density at radius 2 is 2.00 bits per heavy atom. The minimum atomic E-state index is -4.46. The van der Waals surface area contributed by atoms with Gasteiger partial charge in [-0.3, -0.25) is 4.79 Å². The van der Waals surface area contributed by atoms with Crippen LogP contribution in [0.15, 0.2) is 18.2 Å². The van der Waals surface area contributed by atoms with E-state index in [2.05, 4.69) is 5.32 Å². The zero-order valence-electron chi connectivity index (χ0n) is 7.65. The Morgan fingerprint density at radius 3 is 2.47 bits per heavy atom. The van der Waals surface area contributed by atoms with Crippen molar-refractivity contribution in [1.29, 1.82) is 0 Å². The maximum Gasteiger partial charge on any atom is 0.418 e. The Balaban J connectivity index is 3.26. The lowest BCUT2D eigenvalue weighted by Crippen LogP contribution is -2.15. The summed E-state index contributed by atoms with van der Waals surface area (Å²) in [6.45, 7) is 1.17. The maximum absolute atomic E-state index is 12.5. The number of carbonyl (C=O) groups is 1. The van der Waals surface area contributed by atoms with E-state index in [9.17, 15) is 18.0 Å². The average Bonchev–Trinajstić information content (AvgIpc) is 2.05. The lowest BCUT2D eigenvalue weighted by molar-refractivity contribution is -0.137. The van der Waals surface area contributed by atoms with Crippen LogP contribution in [-0.4, -0.2) is 5.91 Å². The second-order valence-electron chi connectivity index (χ2n) is 2.84. The lowest BCUT2D eigenvalue weighted by atomic mass is 10.1. The van der Waals surface area contributed by atoms with Gasteiger partial charge in [-0.1, -0.05) is 6.07 Å². The van der Waals surface area contributed by atoms with Crippen LogP contribution in [0.2, 0.25) is 0 Å². The molecule has 0 spiro atoms. The van der Waals surface area contributed by atoms with Gasteiger partial charge in [0.05, 0.1) is 11.3 Å². The number of para-hydroxylation sites is 1. The number of alkyl halides is 3. The Morgan fingerprint density at radius 1 is 1.40 bits per heavy atom. The molecule has 0 aromatic heterocycles. The molecule has 0 fully saturated rings. The zero-order chi connectivity index (χ0) is 11.6. The van der Waals surface area contributed by atoms with Crippen LogP contribution in [0.4, 0.5) is 18.9 Å². The summed E-state index contributed by atoms with van der Waals surface area (Å²) in [5.41, 5.74) is -1.01. The number of hydrogen-bond acceptors (Lipinski definition) is 1. The quantitative estimate of drug-likeness (QED) is 0.788. The second kappa shape index (κ2) is 4.38. The van der Waals surface area contributed by atoms with E-state index in [1.54, 1.807) is 22.6 Å². The molecule has 1 aromatic carbocycles. The molecular weight excluding hydrogens is 322 g/mol. The van der Waals surface area contributed by atoms with E-state index in [1.165, 1.54) is 19.1 Å². The van der Waals surface area contributed by atoms with Crippen LogP contribution in [-0.2, 0) is 11.0 Å². The SMILES string of the molecule is CC(=O)Nc1c(I)cccc1C(F)(F)F. The highest BCUT2D eigenvalue weighted by atomic mass is 127. The molecule has 0 radical (unpaired) electrons. The first-order chi connectivity index (χ1) is 6.82. The predicted molar refractivity (Wildman–Crippen MR) is 58.5 cm³/mol. The van der Waals surface area contributed by atoms with Gasteiger partial charge in [-0.15, -0.1) is 0 Å². The molecule has 82 valence electrons. The number of anilines is 1. The van der Waals surface area contributed by atoms with Gasteiger partial charge >= 0.3 is 6.18 Å². The Bertz CT molecular complexity index is 389. The second-order valence-corrected chi connectivity index (χ2v) is 4.00. The van der Waals surface area contributed by atoms with Crippen LogP contribution >= 0.6 is 22.6 Å². The van der Waals surface area contributed by atoms with Crippen molar-refractivity contribution in [2.45, 2.75) is 13.1 Å². The largest absolute Gasteiger partial charge is 0.418 e. The molecular formula is C9H7F3INO. The normalized spacial score (nSPS) is 11.3. The molecule has 6 heteroatoms. The summed E-state index contributed by atoms with van der Waals surface area (Å²) in [4.78, 5) is 10.8. The molecule has 0 aliphatic rings. The van der Waals surface area contributed by atoms with Gasteiger partial charge < -0.3 is 5.32 Å². The van der Waals surface area contributed by atoms with Crippen LogP contribution < -0.4 is 5.32 Å². The summed E-state index contributed by atoms with van der Waals surface area (Å²) >= 11 is 1.74. The highest BCUT2D eigenvalue weighted by molar-refractivity contribution is 14.1. The molecule has 0 aliphatic heterocycles. The third-order valence-corrected chi connectivity index (χ3v) is 2.52. The smallest absolute Gasteiger partial charge is 0.325 e. The number of benzene rings is 1. The third-order valence-electron chi connectivity index (χ3n) is 1.62. The maximum atomic E-state index is 12.5. The van der Waals surface area contributed by atoms with Crippen LogP contribution in [0.5, 0.6) is 0 Å². The van der Waals surface area contributed by atoms with Gasteiger partial charge in [0.2, 0.25) is 5.91 Å². The number of amides is 1. The summed E-state index contributed by atoms with van der Waals surface area (Å²) in [5.74, 6) is -0.524. The summed E-state index contributed by atoms with van der Waals surface area (Å²) in [6, 6.07) is 3.74. The van der Waals surface area contributed by atoms with Gasteiger partial charge in [0.15, 0.2) is 0 Å². The van der Waals surface area contributed by atoms with Gasteiger partial charge in [-0.2, -0.15) is 13.2 Å². The van der Waals surface area contributed by atoms with E-state index >= 15 is 0 Å². The Hall–Kier alpha value is -0.790. The number of rotatable bonds is 1. The fraction of sp³-hybridized carbons (Fsp3) is 0.222. The molecule has 0 heterocycles. The van der Waals surface area contributed by atoms with Crippen molar-refractivity contribution >= 4 is 34.2 Å². The molecule has 1 aromatic rings. The summed E-state index contributed by atoms with van der Waals surface area (Å²) in [6.07, 6.45) is -4.46. The number of carbonyl (C=O) groups excluding carboxylic acids is 1. The molecule has 1 rings (SSSR count). The lowest BCUT2D eigenvalue weighted by Gasteiger charge is -2.14. The standard InChI is InChI=1S/C9H7F3INO/c1-5(15)14-8-6(9(10,11)12)3-2-4-7(8)13/h2-4H,1H3,(H,14,15). The van der Waals surface area contributed by atoms with Crippen LogP contribution in [0.3, 0.4) is 0 Å². The summed E-state index contributed by atoms with van der Waals surface area (Å²) < 4.78 is 37.9. The van der Waals surface area contributed by atoms with Gasteiger partial charge in [-0.05, 0) is 34.7 Å². The van der Waals surface area contributed by atoms with E-state index in [4.69, 9.17) is 0 Å². The van der Waals surface area contributed by atoms with Gasteiger partial charge in [0.1, 0.15) is 0 Å². The fourth-order valence-electron chi connectivity index (χ4n) is 1.06. The molecule has 0 bridgehead atoms. The first kappa shape index (κ1) is 12.3. The van der Waals surface area contributed by atoms with E-state index in [1.807, 2.05) is 0 Å². The molecule has 0 atom stereocenters. The minimum Gasteiger partial charge on any atom is -0.325 e. The van der Waals surface area contributed by atoms with Crippen LogP contribution in [0.1, 0.15) is 12.5 Å². The van der Waals surface area contributed by atoms with Gasteiger partial charge in [-0.25, -0.2) is 0 Å². The molecule has 0 aliphatic carbocycles. The Kier molecular flexibility index (Phi) is 3.58. The van der Waals surface area contributed by atoms with Crippen LogP contribution in [0, 0.1) is 3.57 Å². The molecule has 2 nitrogen and oxygen atoms in total. The average molecular weight is 329 g/mol. The van der Waals surface area contributed by atoms with Crippen molar-refractivity contribution in [3.05, 3.63) is 27.3 Å². The molecule has 0 unspecified atom stereocenters. The predicted octanol–water partition coefficient (Wildman–Crippen LogP) is 3.27. The van der Waals surface area contributed by atoms with E-state index in [0.717, 1.165) is 6.07 Å². The summed E-state index contributed by atoms with van der Waals surface area (Å²) in [5, 5.41) is 2.18. The van der Waals surface area contributed by atoms with E-state index in [-0.39, 0.29) is 5.69 Å². The first-order valence-electron chi connectivity index (χ1n) is 3.95. The zero-order valence-corrected chi connectivity index (χ0v) is 9.81. The van der Waals surface area contributed by atoms with Crippen molar-refractivity contribution < 1.29 is 18.0 Å². The van der Waals surface area contributed by atoms with Crippen molar-refractivity contribution in [2.75, 3.05) is 5.32 Å². The molecule has 15 heavy (non-hydrogen) atoms. The number of halogens is 4. The highest BCUT2D eigenvalue weighted by Gasteiger charge is 2.34. The van der Waals surface area contributed by atoms with Crippen LogP contribution in [0.25, 0.3) is 0 Å². The first-order valence-corrected chi connectivity index (χ1v) is 5.03. The van der Waals surface area contributed by atoms with Gasteiger partial charge in [0, 0.05) is 10.5 Å². The number of hydrogen-bond donors (Lipinski definition) is 1. The minimum absolute atomic E-state index is 0.182. The third kappa shape index (κ3) is 3.08. The van der Waals surface area contributed by atoms with Crippen molar-refractivity contribution in [3.8, 4) is 0 Å². The van der Waals surface area contributed by atoms with E-state index < -0.39 is 17.6 Å². The van der Waals surface area contributed by atoms with Crippen molar-refractivity contribution in [2.24, 2.45) is 0 Å². The molecule has 0 saturated carbocycles. The number of nitrogens with one attached hydrogen (secondary N) is 1. The van der Waals surface area contributed by atoms with E-state index in [0.29, 0.717) is 3.57 Å². The highest BCUT2D eigenvalue weighted by Crippen LogP contribution is 2.36. The Labute approximate surface area is 98.0 Å². The molecule has 1 amide bonds. The van der Waals surface area contributed by atoms with Gasteiger partial charge in [0.25, 0.3) is 0 Å². The summed E-state index contributed by atoms with van der Waals surface area (Å²) in [7, 11) is 0. The fourth-order valence-corrected chi connectivity index (χ4v) is 1.70. The topological polar surface area (TPSA) is 29.1 Å². The monoisotopic (exact) mass is 329 g/mol. The molecule has 0 saturated heterocycles. The van der Waals surface area contributed by atoms with Crippen molar-refractivity contribution in [3.63, 3.8) is 0 Å².